The molecule has 0 unspecified atom stereocenters. The summed E-state index contributed by atoms with van der Waals surface area (Å²) < 4.78 is 7.25. The number of carboxylic acids is 1. The van der Waals surface area contributed by atoms with Gasteiger partial charge in [-0.25, -0.2) is 4.79 Å². The van der Waals surface area contributed by atoms with Gasteiger partial charge in [0, 0.05) is 18.3 Å². The van der Waals surface area contributed by atoms with Gasteiger partial charge in [-0.05, 0) is 48.1 Å². The number of nitrogens with zero attached hydrogens (tertiary/aromatic N) is 1. The number of primary amides is 1. The number of ether oxygens (including phenoxy) is 1. The quantitative estimate of drug-likeness (QED) is 0.353. The number of aryl methyl sites for hydroxylation is 1. The van der Waals surface area contributed by atoms with Crippen LogP contribution in [0.5, 0.6) is 5.75 Å². The molecule has 0 atom stereocenters. The molecule has 7 nitrogen and oxygen atoms in total. The van der Waals surface area contributed by atoms with Crippen LogP contribution < -0.4 is 10.5 Å². The third-order valence-corrected chi connectivity index (χ3v) is 5.50. The number of carbonyl (C=O) groups is 3. The van der Waals surface area contributed by atoms with E-state index >= 15 is 0 Å². The van der Waals surface area contributed by atoms with Crippen LogP contribution in [0.3, 0.4) is 0 Å². The number of Topliss-reactive ketones (excluding diaryl/α,β-unsaturated/α-hetero) is 1. The minimum atomic E-state index is -1.14. The van der Waals surface area contributed by atoms with Gasteiger partial charge in [0.2, 0.25) is 0 Å². The summed E-state index contributed by atoms with van der Waals surface area (Å²) in [5, 5.41) is 9.02. The lowest BCUT2D eigenvalue weighted by Crippen LogP contribution is -2.24. The number of aliphatic carboxylic acids is 1. The highest BCUT2D eigenvalue weighted by molar-refractivity contribution is 6.44. The fraction of sp³-hybridized carbons (Fsp3) is 0.320. The molecule has 1 aromatic carbocycles. The van der Waals surface area contributed by atoms with Crippen LogP contribution in [0.2, 0.25) is 0 Å². The molecule has 0 saturated heterocycles. The normalized spacial score (nSPS) is 10.9. The molecule has 3 aromatic rings. The summed E-state index contributed by atoms with van der Waals surface area (Å²) in [5.74, 6) is -2.80. The number of nitrogens with two attached hydrogens (primary N) is 1. The minimum absolute atomic E-state index is 0.176. The Kier molecular flexibility index (Phi) is 7.30. The SMILES string of the molecule is CCCCc1ccc(Cc2c(CC)c(C(=O)C(N)=O)c3c(OCC(=O)O)cccn23)cc1. The standard InChI is InChI=1S/C25H28N2O5/c1-3-5-7-16-9-11-17(12-10-16)14-19-18(4-2)22(24(30)25(26)31)23-20(32-15-21(28)29)8-6-13-27(19)23/h6,8-13H,3-5,7,14-15H2,1-2H3,(H2,26,31)(H,28,29). The van der Waals surface area contributed by atoms with Crippen LogP contribution in [0.15, 0.2) is 42.6 Å². The Morgan fingerprint density at radius 1 is 1.06 bits per heavy atom. The molecule has 0 radical (unpaired) electrons. The molecular formula is C25H28N2O5. The largest absolute Gasteiger partial charge is 0.480 e. The van der Waals surface area contributed by atoms with E-state index in [1.165, 1.54) is 5.56 Å². The van der Waals surface area contributed by atoms with Gasteiger partial charge in [-0.2, -0.15) is 0 Å². The molecule has 0 fully saturated rings. The summed E-state index contributed by atoms with van der Waals surface area (Å²) >= 11 is 0. The number of carbonyl (C=O) groups excluding carboxylic acids is 2. The van der Waals surface area contributed by atoms with Gasteiger partial charge in [0.15, 0.2) is 6.61 Å². The minimum Gasteiger partial charge on any atom is -0.480 e. The summed E-state index contributed by atoms with van der Waals surface area (Å²) in [6.45, 7) is 3.50. The van der Waals surface area contributed by atoms with Crippen LogP contribution in [-0.2, 0) is 28.9 Å². The second-order valence-corrected chi connectivity index (χ2v) is 7.72. The van der Waals surface area contributed by atoms with Crippen LogP contribution >= 0.6 is 0 Å². The molecule has 2 aromatic heterocycles. The first-order chi connectivity index (χ1) is 15.4. The number of amides is 1. The highest BCUT2D eigenvalue weighted by Crippen LogP contribution is 2.33. The number of fused-ring (bicyclic) bond motifs is 1. The molecule has 2 heterocycles. The van der Waals surface area contributed by atoms with E-state index in [4.69, 9.17) is 15.6 Å². The number of hydrogen-bond acceptors (Lipinski definition) is 4. The van der Waals surface area contributed by atoms with Gasteiger partial charge >= 0.3 is 5.97 Å². The Bertz CT molecular complexity index is 1150. The van der Waals surface area contributed by atoms with Crippen molar-refractivity contribution >= 4 is 23.2 Å². The van der Waals surface area contributed by atoms with Crippen molar-refractivity contribution in [1.29, 1.82) is 0 Å². The van der Waals surface area contributed by atoms with Gasteiger partial charge < -0.3 is 20.0 Å². The van der Waals surface area contributed by atoms with Crippen molar-refractivity contribution in [2.24, 2.45) is 5.73 Å². The number of rotatable bonds is 11. The second-order valence-electron chi connectivity index (χ2n) is 7.72. The molecule has 0 bridgehead atoms. The molecule has 7 heteroatoms. The van der Waals surface area contributed by atoms with E-state index in [-0.39, 0.29) is 11.3 Å². The maximum Gasteiger partial charge on any atom is 0.341 e. The van der Waals surface area contributed by atoms with Crippen molar-refractivity contribution in [1.82, 2.24) is 4.40 Å². The predicted octanol–water partition coefficient (Wildman–Crippen LogP) is 3.57. The number of carboxylic acid groups (broad SMARTS) is 1. The average molecular weight is 437 g/mol. The Labute approximate surface area is 186 Å². The molecule has 0 spiro atoms. The molecule has 0 saturated carbocycles. The summed E-state index contributed by atoms with van der Waals surface area (Å²) in [7, 11) is 0. The van der Waals surface area contributed by atoms with Crippen molar-refractivity contribution in [3.63, 3.8) is 0 Å². The van der Waals surface area contributed by atoms with Gasteiger partial charge in [0.05, 0.1) is 11.1 Å². The summed E-state index contributed by atoms with van der Waals surface area (Å²) in [5.41, 5.74) is 9.77. The van der Waals surface area contributed by atoms with E-state index in [9.17, 15) is 14.4 Å². The van der Waals surface area contributed by atoms with Gasteiger partial charge in [0.1, 0.15) is 5.75 Å². The molecule has 0 aliphatic rings. The Morgan fingerprint density at radius 3 is 2.34 bits per heavy atom. The van der Waals surface area contributed by atoms with Gasteiger partial charge in [-0.3, -0.25) is 9.59 Å². The Morgan fingerprint density at radius 2 is 1.75 bits per heavy atom. The lowest BCUT2D eigenvalue weighted by Gasteiger charge is -2.09. The van der Waals surface area contributed by atoms with Crippen molar-refractivity contribution in [3.05, 3.63) is 70.5 Å². The average Bonchev–Trinajstić information content (AvgIpc) is 3.10. The first-order valence-corrected chi connectivity index (χ1v) is 10.8. The topological polar surface area (TPSA) is 111 Å². The lowest BCUT2D eigenvalue weighted by atomic mass is 9.98. The van der Waals surface area contributed by atoms with E-state index in [1.807, 2.05) is 6.92 Å². The summed E-state index contributed by atoms with van der Waals surface area (Å²) in [6, 6.07) is 11.7. The molecule has 168 valence electrons. The molecular weight excluding hydrogens is 408 g/mol. The smallest absolute Gasteiger partial charge is 0.341 e. The second kappa shape index (κ2) is 10.1. The zero-order chi connectivity index (χ0) is 23.3. The number of aromatic nitrogens is 1. The fourth-order valence-corrected chi connectivity index (χ4v) is 3.98. The van der Waals surface area contributed by atoms with Gasteiger partial charge in [-0.1, -0.05) is 44.5 Å². The molecule has 3 rings (SSSR count). The van der Waals surface area contributed by atoms with E-state index in [1.54, 1.807) is 22.7 Å². The monoisotopic (exact) mass is 436 g/mol. The Hall–Kier alpha value is -3.61. The van der Waals surface area contributed by atoms with Crippen LogP contribution in [0.4, 0.5) is 0 Å². The maximum absolute atomic E-state index is 12.8. The van der Waals surface area contributed by atoms with Gasteiger partial charge in [0.25, 0.3) is 11.7 Å². The molecule has 32 heavy (non-hydrogen) atoms. The number of unbranched alkanes of at least 4 members (excludes halogenated alkanes) is 1. The van der Waals surface area contributed by atoms with Gasteiger partial charge in [-0.15, -0.1) is 0 Å². The van der Waals surface area contributed by atoms with E-state index in [0.29, 0.717) is 23.9 Å². The number of hydrogen-bond donors (Lipinski definition) is 2. The predicted molar refractivity (Wildman–Crippen MR) is 121 cm³/mol. The van der Waals surface area contributed by atoms with Crippen LogP contribution in [0.1, 0.15) is 59.4 Å². The zero-order valence-corrected chi connectivity index (χ0v) is 18.4. The first-order valence-electron chi connectivity index (χ1n) is 10.8. The maximum atomic E-state index is 12.8. The molecule has 3 N–H and O–H groups in total. The Balaban J connectivity index is 2.13. The summed E-state index contributed by atoms with van der Waals surface area (Å²) in [6.07, 6.45) is 6.13. The number of pyridine rings is 1. The van der Waals surface area contributed by atoms with Crippen LogP contribution in [0, 0.1) is 0 Å². The number of benzene rings is 1. The highest BCUT2D eigenvalue weighted by Gasteiger charge is 2.27. The van der Waals surface area contributed by atoms with E-state index in [0.717, 1.165) is 30.5 Å². The van der Waals surface area contributed by atoms with Crippen molar-refractivity contribution in [3.8, 4) is 5.75 Å². The van der Waals surface area contributed by atoms with E-state index in [2.05, 4.69) is 31.2 Å². The third-order valence-electron chi connectivity index (χ3n) is 5.50. The fourth-order valence-electron chi connectivity index (χ4n) is 3.98. The van der Waals surface area contributed by atoms with E-state index < -0.39 is 24.3 Å². The molecule has 1 amide bonds. The van der Waals surface area contributed by atoms with Crippen LogP contribution in [0.25, 0.3) is 5.52 Å². The van der Waals surface area contributed by atoms with Crippen molar-refractivity contribution in [2.45, 2.75) is 46.0 Å². The summed E-state index contributed by atoms with van der Waals surface area (Å²) in [4.78, 5) is 35.6. The zero-order valence-electron chi connectivity index (χ0n) is 18.4. The first kappa shape index (κ1) is 23.1. The highest BCUT2D eigenvalue weighted by atomic mass is 16.5. The van der Waals surface area contributed by atoms with Crippen LogP contribution in [-0.4, -0.2) is 33.8 Å². The van der Waals surface area contributed by atoms with Crippen molar-refractivity contribution < 1.29 is 24.2 Å². The molecule has 0 aliphatic heterocycles. The number of ketones is 1. The third kappa shape index (κ3) is 4.82. The molecule has 0 aliphatic carbocycles. The van der Waals surface area contributed by atoms with Crippen molar-refractivity contribution in [2.75, 3.05) is 6.61 Å². The lowest BCUT2D eigenvalue weighted by molar-refractivity contribution is -0.139.